The first-order chi connectivity index (χ1) is 5.16. The van der Waals surface area contributed by atoms with Gasteiger partial charge in [-0.15, -0.1) is 0 Å². The molecular formula is C8H14Br2O. The van der Waals surface area contributed by atoms with Crippen molar-refractivity contribution in [1.82, 2.24) is 0 Å². The molecule has 0 fully saturated rings. The highest BCUT2D eigenvalue weighted by Crippen LogP contribution is 2.08. The van der Waals surface area contributed by atoms with Gasteiger partial charge in [-0.05, 0) is 12.8 Å². The third-order valence-corrected chi connectivity index (χ3v) is 2.43. The van der Waals surface area contributed by atoms with Crippen molar-refractivity contribution in [2.45, 2.75) is 37.4 Å². The normalized spacial score (nSPS) is 13.0. The zero-order chi connectivity index (χ0) is 8.69. The number of alkyl halides is 2. The van der Waals surface area contributed by atoms with Gasteiger partial charge in [0, 0.05) is 23.0 Å². The highest BCUT2D eigenvalue weighted by Gasteiger charge is 2.03. The van der Waals surface area contributed by atoms with Crippen molar-refractivity contribution < 1.29 is 4.79 Å². The molecule has 0 amide bonds. The van der Waals surface area contributed by atoms with Crippen molar-refractivity contribution in [3.8, 4) is 0 Å². The van der Waals surface area contributed by atoms with Gasteiger partial charge in [0.15, 0.2) is 0 Å². The van der Waals surface area contributed by atoms with Crippen LogP contribution in [0.25, 0.3) is 0 Å². The molecule has 0 aromatic heterocycles. The fraction of sp³-hybridized carbons (Fsp3) is 0.875. The Labute approximate surface area is 85.2 Å². The Balaban J connectivity index is 3.23. The van der Waals surface area contributed by atoms with Crippen LogP contribution in [-0.2, 0) is 4.79 Å². The van der Waals surface area contributed by atoms with E-state index in [-0.39, 0.29) is 0 Å². The molecule has 0 heterocycles. The molecule has 0 aliphatic heterocycles. The number of hydrogen-bond acceptors (Lipinski definition) is 1. The lowest BCUT2D eigenvalue weighted by Crippen LogP contribution is -2.01. The third-order valence-electron chi connectivity index (χ3n) is 1.41. The van der Waals surface area contributed by atoms with E-state index in [9.17, 15) is 4.79 Å². The Morgan fingerprint density at radius 1 is 1.45 bits per heavy atom. The van der Waals surface area contributed by atoms with Gasteiger partial charge >= 0.3 is 0 Å². The van der Waals surface area contributed by atoms with E-state index >= 15 is 0 Å². The van der Waals surface area contributed by atoms with Gasteiger partial charge in [-0.25, -0.2) is 0 Å². The molecule has 66 valence electrons. The average molecular weight is 286 g/mol. The van der Waals surface area contributed by atoms with E-state index in [0.29, 0.717) is 10.6 Å². The van der Waals surface area contributed by atoms with Crippen LogP contribution in [0.3, 0.4) is 0 Å². The summed E-state index contributed by atoms with van der Waals surface area (Å²) in [5, 5.41) is 0.933. The van der Waals surface area contributed by atoms with Crippen LogP contribution in [0.4, 0.5) is 0 Å². The summed E-state index contributed by atoms with van der Waals surface area (Å²) in [4.78, 5) is 11.5. The Hall–Kier alpha value is 0.630. The Morgan fingerprint density at radius 2 is 2.09 bits per heavy atom. The molecule has 0 saturated heterocycles. The van der Waals surface area contributed by atoms with Crippen LogP contribution in [-0.4, -0.2) is 15.9 Å². The van der Waals surface area contributed by atoms with Gasteiger partial charge in [0.25, 0.3) is 0 Å². The van der Waals surface area contributed by atoms with Crippen LogP contribution < -0.4 is 0 Å². The number of carbonyl (C=O) groups is 1. The second kappa shape index (κ2) is 7.29. The minimum atomic E-state index is 0.385. The van der Waals surface area contributed by atoms with Crippen molar-refractivity contribution in [1.29, 1.82) is 0 Å². The van der Waals surface area contributed by atoms with Gasteiger partial charge in [0.1, 0.15) is 5.78 Å². The quantitative estimate of drug-likeness (QED) is 0.685. The highest BCUT2D eigenvalue weighted by atomic mass is 79.9. The number of ketones is 1. The van der Waals surface area contributed by atoms with Crippen molar-refractivity contribution in [3.05, 3.63) is 0 Å². The van der Waals surface area contributed by atoms with Crippen LogP contribution in [0.1, 0.15) is 32.6 Å². The molecule has 0 aliphatic rings. The molecular weight excluding hydrogens is 272 g/mol. The Morgan fingerprint density at radius 3 is 2.55 bits per heavy atom. The highest BCUT2D eigenvalue weighted by molar-refractivity contribution is 9.09. The molecule has 1 atom stereocenters. The molecule has 0 rings (SSSR count). The topological polar surface area (TPSA) is 17.1 Å². The van der Waals surface area contributed by atoms with E-state index in [1.165, 1.54) is 0 Å². The summed E-state index contributed by atoms with van der Waals surface area (Å²) in [6.07, 6.45) is 3.38. The second-order valence-corrected chi connectivity index (χ2v) is 5.01. The molecule has 0 unspecified atom stereocenters. The van der Waals surface area contributed by atoms with Crippen LogP contribution in [0.5, 0.6) is 0 Å². The number of halogens is 2. The molecule has 0 bridgehead atoms. The van der Waals surface area contributed by atoms with E-state index in [1.807, 2.05) is 0 Å². The minimum Gasteiger partial charge on any atom is -0.300 e. The lowest BCUT2D eigenvalue weighted by molar-refractivity contribution is -0.119. The zero-order valence-corrected chi connectivity index (χ0v) is 9.95. The summed E-state index contributed by atoms with van der Waals surface area (Å²) in [7, 11) is 0. The number of Topliss-reactive ketones (excluding diaryl/α,β-unsaturated/α-hetero) is 1. The van der Waals surface area contributed by atoms with Crippen LogP contribution in [0, 0.1) is 0 Å². The molecule has 0 spiro atoms. The third kappa shape index (κ3) is 8.54. The zero-order valence-electron chi connectivity index (χ0n) is 6.78. The van der Waals surface area contributed by atoms with Gasteiger partial charge in [-0.3, -0.25) is 4.79 Å². The maximum Gasteiger partial charge on any atom is 0.132 e. The molecule has 0 radical (unpaired) electrons. The van der Waals surface area contributed by atoms with Crippen molar-refractivity contribution >= 4 is 37.6 Å². The largest absolute Gasteiger partial charge is 0.300 e. The summed E-state index contributed by atoms with van der Waals surface area (Å²) in [6.45, 7) is 2.07. The van der Waals surface area contributed by atoms with Crippen molar-refractivity contribution in [2.24, 2.45) is 0 Å². The number of carbonyl (C=O) groups excluding carboxylic acids is 1. The van der Waals surface area contributed by atoms with Crippen molar-refractivity contribution in [3.63, 3.8) is 0 Å². The molecule has 0 N–H and O–H groups in total. The summed E-state index contributed by atoms with van der Waals surface area (Å²) in [6, 6.07) is 0. The summed E-state index contributed by atoms with van der Waals surface area (Å²) < 4.78 is 0. The van der Waals surface area contributed by atoms with Gasteiger partial charge in [-0.1, -0.05) is 38.8 Å². The van der Waals surface area contributed by atoms with Crippen LogP contribution in [0.15, 0.2) is 0 Å². The molecule has 11 heavy (non-hydrogen) atoms. The molecule has 1 nitrogen and oxygen atoms in total. The summed E-state index contributed by atoms with van der Waals surface area (Å²) in [5.74, 6) is 0.385. The predicted octanol–water partition coefficient (Wildman–Crippen LogP) is 3.29. The average Bonchev–Trinajstić information content (AvgIpc) is 1.97. The first-order valence-electron chi connectivity index (χ1n) is 3.88. The van der Waals surface area contributed by atoms with Gasteiger partial charge < -0.3 is 0 Å². The summed E-state index contributed by atoms with van der Waals surface area (Å²) >= 11 is 6.71. The van der Waals surface area contributed by atoms with Gasteiger partial charge in [0.2, 0.25) is 0 Å². The lowest BCUT2D eigenvalue weighted by atomic mass is 10.1. The van der Waals surface area contributed by atoms with E-state index in [1.54, 1.807) is 0 Å². The lowest BCUT2D eigenvalue weighted by Gasteiger charge is -2.00. The first kappa shape index (κ1) is 11.6. The molecule has 0 saturated carbocycles. The van der Waals surface area contributed by atoms with Gasteiger partial charge in [0.05, 0.1) is 0 Å². The monoisotopic (exact) mass is 284 g/mol. The van der Waals surface area contributed by atoms with E-state index in [0.717, 1.165) is 31.0 Å². The van der Waals surface area contributed by atoms with E-state index in [2.05, 4.69) is 38.8 Å². The molecule has 3 heteroatoms. The maximum absolute atomic E-state index is 11.1. The van der Waals surface area contributed by atoms with Gasteiger partial charge in [-0.2, -0.15) is 0 Å². The van der Waals surface area contributed by atoms with E-state index < -0.39 is 0 Å². The number of hydrogen-bond donors (Lipinski definition) is 0. The standard InChI is InChI=1S/C8H14Br2O/c1-7(10)4-5-8(11)3-2-6-9/h7H,2-6H2,1H3/t7-/m1/s1. The van der Waals surface area contributed by atoms with E-state index in [4.69, 9.17) is 0 Å². The fourth-order valence-electron chi connectivity index (χ4n) is 0.749. The number of rotatable bonds is 6. The predicted molar refractivity (Wildman–Crippen MR) is 55.7 cm³/mol. The Bertz CT molecular complexity index is 113. The fourth-order valence-corrected chi connectivity index (χ4v) is 1.26. The van der Waals surface area contributed by atoms with Crippen LogP contribution >= 0.6 is 31.9 Å². The maximum atomic E-state index is 11.1. The SMILES string of the molecule is C[C@@H](Br)CCC(=O)CCCBr. The Kier molecular flexibility index (Phi) is 7.71. The minimum absolute atomic E-state index is 0.385. The van der Waals surface area contributed by atoms with Crippen LogP contribution in [0.2, 0.25) is 0 Å². The second-order valence-electron chi connectivity index (χ2n) is 2.65. The summed E-state index contributed by atoms with van der Waals surface area (Å²) in [5.41, 5.74) is 0. The molecule has 0 aromatic rings. The first-order valence-corrected chi connectivity index (χ1v) is 5.92. The van der Waals surface area contributed by atoms with Crippen molar-refractivity contribution in [2.75, 3.05) is 5.33 Å². The molecule has 0 aliphatic carbocycles. The molecule has 0 aromatic carbocycles. The smallest absolute Gasteiger partial charge is 0.132 e.